The Kier molecular flexibility index (Phi) is 3.87. The fraction of sp³-hybridized carbons (Fsp3) is 0.174. The minimum Gasteiger partial charge on any atom is -0.478 e. The number of carboxylic acid groups (broad SMARTS) is 1. The third-order valence-corrected chi connectivity index (χ3v) is 6.13. The Labute approximate surface area is 167 Å². The number of rotatable bonds is 3. The second-order valence-corrected chi connectivity index (χ2v) is 7.56. The van der Waals surface area contributed by atoms with Gasteiger partial charge in [-0.1, -0.05) is 54.6 Å². The molecule has 0 spiro atoms. The van der Waals surface area contributed by atoms with Gasteiger partial charge in [-0.2, -0.15) is 0 Å². The molecule has 1 heterocycles. The Morgan fingerprint density at radius 3 is 2.41 bits per heavy atom. The van der Waals surface area contributed by atoms with Crippen molar-refractivity contribution in [1.29, 1.82) is 0 Å². The number of nitrogens with one attached hydrogen (secondary N) is 1. The summed E-state index contributed by atoms with van der Waals surface area (Å²) in [6.07, 6.45) is 0.779. The van der Waals surface area contributed by atoms with Crippen LogP contribution in [-0.2, 0) is 6.42 Å². The van der Waals surface area contributed by atoms with Crippen LogP contribution in [0.1, 0.15) is 44.6 Å². The lowest BCUT2D eigenvalue weighted by molar-refractivity contribution is -0.385. The third-order valence-electron chi connectivity index (χ3n) is 6.13. The Hall–Kier alpha value is -3.67. The van der Waals surface area contributed by atoms with Crippen molar-refractivity contribution in [3.05, 3.63) is 105 Å². The standard InChI is InChI=1S/C23H18N2O4/c26-23(27)17-10-5-9-16-20-14-7-2-1-6-13(14)12-18(20)21(24-22(16)17)15-8-3-4-11-19(15)25(28)29/h1-11,18,20-21,24H,12H2,(H,26,27)/t18-,20+,21+/m0/s1. The maximum atomic E-state index is 11.9. The monoisotopic (exact) mass is 386 g/mol. The van der Waals surface area contributed by atoms with Gasteiger partial charge in [0.2, 0.25) is 0 Å². The van der Waals surface area contributed by atoms with Crippen LogP contribution >= 0.6 is 0 Å². The van der Waals surface area contributed by atoms with E-state index in [9.17, 15) is 20.0 Å². The Morgan fingerprint density at radius 2 is 1.66 bits per heavy atom. The van der Waals surface area contributed by atoms with Crippen LogP contribution in [0, 0.1) is 16.0 Å². The molecule has 6 heteroatoms. The number of carboxylic acids is 1. The first kappa shape index (κ1) is 17.4. The fourth-order valence-electron chi connectivity index (χ4n) is 4.99. The van der Waals surface area contributed by atoms with Gasteiger partial charge in [-0.3, -0.25) is 10.1 Å². The van der Waals surface area contributed by atoms with E-state index in [4.69, 9.17) is 0 Å². The lowest BCUT2D eigenvalue weighted by Gasteiger charge is -2.38. The quantitative estimate of drug-likeness (QED) is 0.500. The average molecular weight is 386 g/mol. The summed E-state index contributed by atoms with van der Waals surface area (Å²) in [5, 5.41) is 24.8. The van der Waals surface area contributed by atoms with E-state index in [-0.39, 0.29) is 34.1 Å². The van der Waals surface area contributed by atoms with E-state index in [0.717, 1.165) is 12.0 Å². The molecule has 0 saturated heterocycles. The Morgan fingerprint density at radius 1 is 0.966 bits per heavy atom. The zero-order valence-electron chi connectivity index (χ0n) is 15.4. The molecule has 3 aromatic carbocycles. The van der Waals surface area contributed by atoms with E-state index in [1.54, 1.807) is 30.3 Å². The topological polar surface area (TPSA) is 92.5 Å². The summed E-state index contributed by atoms with van der Waals surface area (Å²) < 4.78 is 0. The van der Waals surface area contributed by atoms with Crippen molar-refractivity contribution >= 4 is 17.3 Å². The molecule has 3 aromatic rings. The van der Waals surface area contributed by atoms with Crippen LogP contribution in [0.15, 0.2) is 66.7 Å². The predicted octanol–water partition coefficient (Wildman–Crippen LogP) is 4.76. The van der Waals surface area contributed by atoms with Crippen LogP contribution in [0.4, 0.5) is 11.4 Å². The molecule has 0 aromatic heterocycles. The molecule has 0 radical (unpaired) electrons. The molecule has 0 bridgehead atoms. The number of carbonyl (C=O) groups is 1. The van der Waals surface area contributed by atoms with Crippen LogP contribution in [0.3, 0.4) is 0 Å². The summed E-state index contributed by atoms with van der Waals surface area (Å²) in [6, 6.07) is 19.8. The van der Waals surface area contributed by atoms with Gasteiger partial charge in [0.15, 0.2) is 0 Å². The van der Waals surface area contributed by atoms with Crippen molar-refractivity contribution < 1.29 is 14.8 Å². The maximum Gasteiger partial charge on any atom is 0.337 e. The molecule has 5 rings (SSSR count). The molecule has 1 aliphatic carbocycles. The number of benzene rings is 3. The molecule has 144 valence electrons. The predicted molar refractivity (Wildman–Crippen MR) is 108 cm³/mol. The molecule has 0 amide bonds. The molecule has 2 N–H and O–H groups in total. The van der Waals surface area contributed by atoms with Crippen LogP contribution in [0.25, 0.3) is 0 Å². The van der Waals surface area contributed by atoms with Crippen LogP contribution < -0.4 is 5.32 Å². The number of anilines is 1. The Bertz CT molecular complexity index is 1160. The van der Waals surface area contributed by atoms with E-state index in [1.807, 2.05) is 18.2 Å². The van der Waals surface area contributed by atoms with Crippen molar-refractivity contribution in [1.82, 2.24) is 0 Å². The van der Waals surface area contributed by atoms with Gasteiger partial charge in [0, 0.05) is 12.0 Å². The van der Waals surface area contributed by atoms with Gasteiger partial charge in [0.25, 0.3) is 5.69 Å². The zero-order chi connectivity index (χ0) is 20.1. The number of nitro groups is 1. The highest BCUT2D eigenvalue weighted by atomic mass is 16.6. The summed E-state index contributed by atoms with van der Waals surface area (Å²) >= 11 is 0. The molecule has 0 unspecified atom stereocenters. The highest BCUT2D eigenvalue weighted by molar-refractivity contribution is 5.96. The first-order valence-corrected chi connectivity index (χ1v) is 9.50. The van der Waals surface area contributed by atoms with E-state index >= 15 is 0 Å². The average Bonchev–Trinajstić information content (AvgIpc) is 3.12. The van der Waals surface area contributed by atoms with Crippen molar-refractivity contribution in [2.24, 2.45) is 5.92 Å². The summed E-state index contributed by atoms with van der Waals surface area (Å²) in [4.78, 5) is 23.2. The highest BCUT2D eigenvalue weighted by Crippen LogP contribution is 2.55. The molecule has 0 fully saturated rings. The van der Waals surface area contributed by atoms with E-state index in [1.165, 1.54) is 17.2 Å². The molecule has 6 nitrogen and oxygen atoms in total. The number of para-hydroxylation sites is 2. The number of nitro benzene ring substituents is 1. The maximum absolute atomic E-state index is 11.9. The summed E-state index contributed by atoms with van der Waals surface area (Å²) in [7, 11) is 0. The normalized spacial score (nSPS) is 21.4. The van der Waals surface area contributed by atoms with Gasteiger partial charge in [-0.05, 0) is 35.1 Å². The van der Waals surface area contributed by atoms with Crippen LogP contribution in [0.5, 0.6) is 0 Å². The number of hydrogen-bond donors (Lipinski definition) is 2. The number of nitrogens with zero attached hydrogens (tertiary/aromatic N) is 1. The van der Waals surface area contributed by atoms with E-state index < -0.39 is 5.97 Å². The Balaban J connectivity index is 1.75. The first-order chi connectivity index (χ1) is 14.1. The van der Waals surface area contributed by atoms with Gasteiger partial charge >= 0.3 is 5.97 Å². The smallest absolute Gasteiger partial charge is 0.337 e. The van der Waals surface area contributed by atoms with Gasteiger partial charge in [0.1, 0.15) is 0 Å². The third kappa shape index (κ3) is 2.60. The lowest BCUT2D eigenvalue weighted by Crippen LogP contribution is -2.32. The molecule has 2 aliphatic rings. The molecule has 1 aliphatic heterocycles. The first-order valence-electron chi connectivity index (χ1n) is 9.50. The van der Waals surface area contributed by atoms with E-state index in [0.29, 0.717) is 11.3 Å². The zero-order valence-corrected chi connectivity index (χ0v) is 15.4. The van der Waals surface area contributed by atoms with E-state index in [2.05, 4.69) is 17.4 Å². The lowest BCUT2D eigenvalue weighted by atomic mass is 9.74. The number of aromatic carboxylic acids is 1. The fourth-order valence-corrected chi connectivity index (χ4v) is 4.99. The summed E-state index contributed by atoms with van der Waals surface area (Å²) in [5.74, 6) is -0.961. The van der Waals surface area contributed by atoms with Gasteiger partial charge in [-0.25, -0.2) is 4.79 Å². The van der Waals surface area contributed by atoms with Crippen molar-refractivity contribution in [2.75, 3.05) is 5.32 Å². The largest absolute Gasteiger partial charge is 0.478 e. The van der Waals surface area contributed by atoms with Crippen molar-refractivity contribution in [3.8, 4) is 0 Å². The van der Waals surface area contributed by atoms with Gasteiger partial charge in [-0.15, -0.1) is 0 Å². The van der Waals surface area contributed by atoms with Gasteiger partial charge in [0.05, 0.1) is 27.8 Å². The highest BCUT2D eigenvalue weighted by Gasteiger charge is 2.45. The molecule has 0 saturated carbocycles. The molecular formula is C23H18N2O4. The minimum atomic E-state index is -1.01. The van der Waals surface area contributed by atoms with Crippen molar-refractivity contribution in [3.63, 3.8) is 0 Å². The second-order valence-electron chi connectivity index (χ2n) is 7.56. The second kappa shape index (κ2) is 6.44. The number of fused-ring (bicyclic) bond motifs is 5. The SMILES string of the molecule is O=C(O)c1cccc2c1N[C@H](c1ccccc1[N+](=O)[O-])[C@H]1Cc3ccccc3[C@H]21. The minimum absolute atomic E-state index is 0.00781. The molecule has 3 atom stereocenters. The van der Waals surface area contributed by atoms with Crippen LogP contribution in [-0.4, -0.2) is 16.0 Å². The summed E-state index contributed by atoms with van der Waals surface area (Å²) in [6.45, 7) is 0. The van der Waals surface area contributed by atoms with Crippen molar-refractivity contribution in [2.45, 2.75) is 18.4 Å². The number of hydrogen-bond acceptors (Lipinski definition) is 4. The summed E-state index contributed by atoms with van der Waals surface area (Å²) in [5.41, 5.74) is 4.71. The van der Waals surface area contributed by atoms with Gasteiger partial charge < -0.3 is 10.4 Å². The molecule has 29 heavy (non-hydrogen) atoms. The molecular weight excluding hydrogens is 368 g/mol. The van der Waals surface area contributed by atoms with Crippen LogP contribution in [0.2, 0.25) is 0 Å².